The number of benzene rings is 1. The first-order valence-electron chi connectivity index (χ1n) is 8.02. The summed E-state index contributed by atoms with van der Waals surface area (Å²) in [6.07, 6.45) is 5.45. The zero-order valence-electron chi connectivity index (χ0n) is 12.8. The van der Waals surface area contributed by atoms with Crippen molar-refractivity contribution in [2.75, 3.05) is 31.7 Å². The third-order valence-corrected chi connectivity index (χ3v) is 4.53. The minimum absolute atomic E-state index is 0.738. The topological polar surface area (TPSA) is 24.5 Å². The Kier molecular flexibility index (Phi) is 5.04. The first-order chi connectivity index (χ1) is 10.3. The highest BCUT2D eigenvalue weighted by atomic mass is 35.5. The SMILES string of the molecule is COCCNCc1ccc(Cl)cc1N(CC1CC1)C1CC1. The molecule has 1 N–H and O–H groups in total. The minimum Gasteiger partial charge on any atom is -0.383 e. The monoisotopic (exact) mass is 308 g/mol. The molecular formula is C17H25ClN2O. The van der Waals surface area contributed by atoms with Gasteiger partial charge in [-0.05, 0) is 49.3 Å². The second kappa shape index (κ2) is 6.99. The Balaban J connectivity index is 1.72. The van der Waals surface area contributed by atoms with Crippen LogP contribution in [-0.4, -0.2) is 32.8 Å². The lowest BCUT2D eigenvalue weighted by atomic mass is 10.1. The van der Waals surface area contributed by atoms with E-state index < -0.39 is 0 Å². The molecule has 1 aromatic carbocycles. The average molecular weight is 309 g/mol. The van der Waals surface area contributed by atoms with Crippen molar-refractivity contribution in [2.45, 2.75) is 38.3 Å². The van der Waals surface area contributed by atoms with Gasteiger partial charge in [-0.3, -0.25) is 0 Å². The Morgan fingerprint density at radius 1 is 1.29 bits per heavy atom. The minimum atomic E-state index is 0.738. The van der Waals surface area contributed by atoms with E-state index in [-0.39, 0.29) is 0 Å². The van der Waals surface area contributed by atoms with Crippen LogP contribution in [0.5, 0.6) is 0 Å². The normalized spacial score (nSPS) is 18.0. The van der Waals surface area contributed by atoms with Gasteiger partial charge < -0.3 is 15.0 Å². The van der Waals surface area contributed by atoms with Gasteiger partial charge in [0.2, 0.25) is 0 Å². The number of nitrogens with zero attached hydrogens (tertiary/aromatic N) is 1. The van der Waals surface area contributed by atoms with Crippen LogP contribution in [-0.2, 0) is 11.3 Å². The zero-order chi connectivity index (χ0) is 14.7. The lowest BCUT2D eigenvalue weighted by Crippen LogP contribution is -2.30. The molecule has 2 aliphatic carbocycles. The predicted octanol–water partition coefficient (Wildman–Crippen LogP) is 3.45. The molecule has 0 amide bonds. The molecule has 0 aliphatic heterocycles. The Hall–Kier alpha value is -0.770. The summed E-state index contributed by atoms with van der Waals surface area (Å²) in [6, 6.07) is 7.05. The van der Waals surface area contributed by atoms with Gasteiger partial charge in [-0.25, -0.2) is 0 Å². The molecule has 0 unspecified atom stereocenters. The number of anilines is 1. The Morgan fingerprint density at radius 3 is 2.76 bits per heavy atom. The maximum Gasteiger partial charge on any atom is 0.0587 e. The molecule has 2 aliphatic rings. The number of methoxy groups -OCH3 is 1. The van der Waals surface area contributed by atoms with E-state index in [1.807, 2.05) is 6.07 Å². The van der Waals surface area contributed by atoms with E-state index in [1.165, 1.54) is 43.5 Å². The van der Waals surface area contributed by atoms with Crippen LogP contribution in [0.1, 0.15) is 31.2 Å². The summed E-state index contributed by atoms with van der Waals surface area (Å²) < 4.78 is 5.09. The van der Waals surface area contributed by atoms with Gasteiger partial charge in [-0.1, -0.05) is 17.7 Å². The fraction of sp³-hybridized carbons (Fsp3) is 0.647. The van der Waals surface area contributed by atoms with Gasteiger partial charge in [0.25, 0.3) is 0 Å². The smallest absolute Gasteiger partial charge is 0.0587 e. The number of ether oxygens (including phenoxy) is 1. The van der Waals surface area contributed by atoms with Crippen molar-refractivity contribution in [2.24, 2.45) is 5.92 Å². The average Bonchev–Trinajstić information content (AvgIpc) is 3.36. The van der Waals surface area contributed by atoms with Crippen molar-refractivity contribution in [1.29, 1.82) is 0 Å². The molecule has 116 valence electrons. The highest BCUT2D eigenvalue weighted by Gasteiger charge is 2.34. The highest BCUT2D eigenvalue weighted by molar-refractivity contribution is 6.30. The standard InChI is InChI=1S/C17H25ClN2O/c1-21-9-8-19-11-14-4-5-15(18)10-17(14)20(16-6-7-16)12-13-2-3-13/h4-5,10,13,16,19H,2-3,6-9,11-12H2,1H3. The molecule has 0 bridgehead atoms. The lowest BCUT2D eigenvalue weighted by molar-refractivity contribution is 0.199. The second-order valence-electron chi connectivity index (χ2n) is 6.27. The summed E-state index contributed by atoms with van der Waals surface area (Å²) in [5.74, 6) is 0.902. The number of rotatable bonds is 9. The van der Waals surface area contributed by atoms with E-state index in [4.69, 9.17) is 16.3 Å². The molecule has 4 heteroatoms. The fourth-order valence-corrected chi connectivity index (χ4v) is 2.93. The maximum atomic E-state index is 6.25. The molecule has 0 atom stereocenters. The number of nitrogens with one attached hydrogen (secondary N) is 1. The number of halogens is 1. The van der Waals surface area contributed by atoms with Crippen LogP contribution in [0.2, 0.25) is 5.02 Å². The zero-order valence-corrected chi connectivity index (χ0v) is 13.5. The van der Waals surface area contributed by atoms with Crippen molar-refractivity contribution in [3.63, 3.8) is 0 Å². The van der Waals surface area contributed by atoms with E-state index in [0.717, 1.165) is 36.7 Å². The van der Waals surface area contributed by atoms with Gasteiger partial charge in [0, 0.05) is 43.5 Å². The third kappa shape index (κ3) is 4.35. The predicted molar refractivity (Wildman–Crippen MR) is 88.1 cm³/mol. The molecule has 1 aromatic rings. The van der Waals surface area contributed by atoms with Crippen LogP contribution in [0.25, 0.3) is 0 Å². The Bertz CT molecular complexity index is 472. The van der Waals surface area contributed by atoms with E-state index in [0.29, 0.717) is 0 Å². The van der Waals surface area contributed by atoms with Gasteiger partial charge in [0.1, 0.15) is 0 Å². The Labute approximate surface area is 132 Å². The van der Waals surface area contributed by atoms with Crippen molar-refractivity contribution in [3.05, 3.63) is 28.8 Å². The molecule has 0 saturated heterocycles. The van der Waals surface area contributed by atoms with Gasteiger partial charge in [-0.15, -0.1) is 0 Å². The van der Waals surface area contributed by atoms with Crippen molar-refractivity contribution in [1.82, 2.24) is 5.32 Å². The molecule has 3 rings (SSSR count). The number of hydrogen-bond donors (Lipinski definition) is 1. The largest absolute Gasteiger partial charge is 0.383 e. The molecule has 0 heterocycles. The summed E-state index contributed by atoms with van der Waals surface area (Å²) in [5, 5.41) is 4.29. The third-order valence-electron chi connectivity index (χ3n) is 4.29. The van der Waals surface area contributed by atoms with Crippen molar-refractivity contribution < 1.29 is 4.74 Å². The summed E-state index contributed by atoms with van der Waals surface area (Å²) in [6.45, 7) is 3.71. The molecule has 0 spiro atoms. The Morgan fingerprint density at radius 2 is 2.10 bits per heavy atom. The maximum absolute atomic E-state index is 6.25. The van der Waals surface area contributed by atoms with Crippen LogP contribution in [0.3, 0.4) is 0 Å². The first kappa shape index (κ1) is 15.1. The van der Waals surface area contributed by atoms with Crippen molar-refractivity contribution >= 4 is 17.3 Å². The number of hydrogen-bond acceptors (Lipinski definition) is 3. The molecule has 0 aromatic heterocycles. The van der Waals surface area contributed by atoms with E-state index in [1.54, 1.807) is 7.11 Å². The summed E-state index contributed by atoms with van der Waals surface area (Å²) in [7, 11) is 1.74. The second-order valence-corrected chi connectivity index (χ2v) is 6.71. The highest BCUT2D eigenvalue weighted by Crippen LogP contribution is 2.39. The van der Waals surface area contributed by atoms with Crippen LogP contribution in [0.15, 0.2) is 18.2 Å². The van der Waals surface area contributed by atoms with Gasteiger partial charge in [0.05, 0.1) is 6.61 Å². The van der Waals surface area contributed by atoms with E-state index in [2.05, 4.69) is 22.3 Å². The van der Waals surface area contributed by atoms with Crippen LogP contribution in [0.4, 0.5) is 5.69 Å². The molecule has 21 heavy (non-hydrogen) atoms. The molecule has 2 saturated carbocycles. The van der Waals surface area contributed by atoms with Crippen molar-refractivity contribution in [3.8, 4) is 0 Å². The summed E-state index contributed by atoms with van der Waals surface area (Å²) in [4.78, 5) is 2.61. The van der Waals surface area contributed by atoms with Gasteiger partial charge in [0.15, 0.2) is 0 Å². The molecule has 3 nitrogen and oxygen atoms in total. The first-order valence-corrected chi connectivity index (χ1v) is 8.40. The fourth-order valence-electron chi connectivity index (χ4n) is 2.76. The van der Waals surface area contributed by atoms with Crippen LogP contribution in [0, 0.1) is 5.92 Å². The van der Waals surface area contributed by atoms with Gasteiger partial charge in [-0.2, -0.15) is 0 Å². The van der Waals surface area contributed by atoms with Crippen LogP contribution < -0.4 is 10.2 Å². The van der Waals surface area contributed by atoms with E-state index >= 15 is 0 Å². The molecular weight excluding hydrogens is 284 g/mol. The van der Waals surface area contributed by atoms with Crippen LogP contribution >= 0.6 is 11.6 Å². The summed E-state index contributed by atoms with van der Waals surface area (Å²) >= 11 is 6.25. The van der Waals surface area contributed by atoms with Gasteiger partial charge >= 0.3 is 0 Å². The van der Waals surface area contributed by atoms with E-state index in [9.17, 15) is 0 Å². The quantitative estimate of drug-likeness (QED) is 0.707. The molecule has 0 radical (unpaired) electrons. The lowest BCUT2D eigenvalue weighted by Gasteiger charge is -2.27. The summed E-state index contributed by atoms with van der Waals surface area (Å²) in [5.41, 5.74) is 2.69. The molecule has 2 fully saturated rings.